The van der Waals surface area contributed by atoms with E-state index in [1.54, 1.807) is 24.3 Å². The van der Waals surface area contributed by atoms with Crippen LogP contribution in [0.5, 0.6) is 0 Å². The lowest BCUT2D eigenvalue weighted by Gasteiger charge is -2.31. The third kappa shape index (κ3) is 3.91. The first-order chi connectivity index (χ1) is 12.9. The van der Waals surface area contributed by atoms with Crippen LogP contribution in [-0.4, -0.2) is 23.9 Å². The monoisotopic (exact) mass is 389 g/mol. The van der Waals surface area contributed by atoms with E-state index in [-0.39, 0.29) is 18.7 Å². The fourth-order valence-corrected chi connectivity index (χ4v) is 3.62. The van der Waals surface area contributed by atoms with Gasteiger partial charge in [-0.05, 0) is 35.4 Å². The van der Waals surface area contributed by atoms with E-state index in [2.05, 4.69) is 11.1 Å². The summed E-state index contributed by atoms with van der Waals surface area (Å²) in [5.74, 6) is -2.92. The molecule has 6 heteroatoms. The Kier molecular flexibility index (Phi) is 4.77. The van der Waals surface area contributed by atoms with Crippen LogP contribution in [0.2, 0.25) is 0 Å². The Hall–Kier alpha value is -2.20. The molecule has 0 N–H and O–H groups in total. The van der Waals surface area contributed by atoms with Crippen molar-refractivity contribution in [3.63, 3.8) is 0 Å². The number of benzene rings is 2. The zero-order valence-electron chi connectivity index (χ0n) is 14.5. The normalized spacial score (nSPS) is 18.6. The third-order valence-electron chi connectivity index (χ3n) is 4.97. The zero-order chi connectivity index (χ0) is 19.0. The molecule has 1 fully saturated rings. The van der Waals surface area contributed by atoms with Gasteiger partial charge in [0.05, 0.1) is 0 Å². The number of rotatable bonds is 3. The predicted molar refractivity (Wildman–Crippen MR) is 99.1 cm³/mol. The van der Waals surface area contributed by atoms with Crippen molar-refractivity contribution in [2.45, 2.75) is 25.3 Å². The van der Waals surface area contributed by atoms with Crippen LogP contribution in [0.4, 0.5) is 13.2 Å². The van der Waals surface area contributed by atoms with Crippen LogP contribution in [0.3, 0.4) is 0 Å². The summed E-state index contributed by atoms with van der Waals surface area (Å²) < 4.78 is 41.2. The SMILES string of the molecule is Fc1cc(CN2CCC(F)(F)CC2)ccc1-c1ccc2c(c1)=C(Cl)[C+]=CN=2. The Labute approximate surface area is 160 Å². The minimum atomic E-state index is -2.57. The van der Waals surface area contributed by atoms with E-state index in [1.165, 1.54) is 12.3 Å². The maximum Gasteiger partial charge on any atom is 0.273 e. The number of likely N-dealkylation sites (tertiary alicyclic amines) is 1. The van der Waals surface area contributed by atoms with Crippen LogP contribution in [-0.2, 0) is 6.54 Å². The minimum absolute atomic E-state index is 0.142. The molecule has 0 saturated carbocycles. The lowest BCUT2D eigenvalue weighted by molar-refractivity contribution is -0.0566. The van der Waals surface area contributed by atoms with Crippen molar-refractivity contribution in [1.82, 2.24) is 4.90 Å². The van der Waals surface area contributed by atoms with Crippen LogP contribution in [0.1, 0.15) is 18.4 Å². The Balaban J connectivity index is 1.57. The van der Waals surface area contributed by atoms with Crippen LogP contribution in [0.25, 0.3) is 16.2 Å². The van der Waals surface area contributed by atoms with Crippen LogP contribution in [0, 0.1) is 11.9 Å². The van der Waals surface area contributed by atoms with E-state index in [0.717, 1.165) is 16.1 Å². The summed E-state index contributed by atoms with van der Waals surface area (Å²) in [6.45, 7) is 1.11. The molecule has 2 aliphatic rings. The number of allylic oxidation sites excluding steroid dienone is 1. The number of alkyl halides is 2. The highest BCUT2D eigenvalue weighted by atomic mass is 35.5. The van der Waals surface area contributed by atoms with Gasteiger partial charge in [0.25, 0.3) is 11.0 Å². The molecule has 0 radical (unpaired) electrons. The first-order valence-corrected chi connectivity index (χ1v) is 9.14. The molecule has 0 amide bonds. The van der Waals surface area contributed by atoms with Gasteiger partial charge in [0.2, 0.25) is 0 Å². The summed E-state index contributed by atoms with van der Waals surface area (Å²) in [7, 11) is 0. The quantitative estimate of drug-likeness (QED) is 0.724. The highest BCUT2D eigenvalue weighted by molar-refractivity contribution is 6.46. The summed E-state index contributed by atoms with van der Waals surface area (Å²) in [6, 6.07) is 10.4. The molecule has 4 rings (SSSR count). The standard InChI is InChI=1S/C21H17ClF3N2/c22-18-5-8-26-20-4-2-15(12-17(18)20)16-3-1-14(11-19(16)23)13-27-9-6-21(24,25)7-10-27/h1-4,8,11-12H,6-7,9-10,13H2/q+1. The van der Waals surface area contributed by atoms with Gasteiger partial charge in [-0.15, -0.1) is 0 Å². The molecule has 27 heavy (non-hydrogen) atoms. The smallest absolute Gasteiger partial charge is 0.273 e. The number of piperidine rings is 1. The lowest BCUT2D eigenvalue weighted by atomic mass is 10.0. The lowest BCUT2D eigenvalue weighted by Crippen LogP contribution is -2.38. The van der Waals surface area contributed by atoms with Gasteiger partial charge in [0.15, 0.2) is 16.8 Å². The van der Waals surface area contributed by atoms with Gasteiger partial charge in [0.1, 0.15) is 11.9 Å². The molecule has 2 aliphatic heterocycles. The van der Waals surface area contributed by atoms with Crippen LogP contribution >= 0.6 is 11.6 Å². The third-order valence-corrected chi connectivity index (χ3v) is 5.28. The summed E-state index contributed by atoms with van der Waals surface area (Å²) in [4.78, 5) is 6.13. The maximum absolute atomic E-state index is 14.7. The van der Waals surface area contributed by atoms with Crippen molar-refractivity contribution in [2.75, 3.05) is 13.1 Å². The van der Waals surface area contributed by atoms with E-state index >= 15 is 0 Å². The van der Waals surface area contributed by atoms with Gasteiger partial charge in [-0.25, -0.2) is 18.2 Å². The van der Waals surface area contributed by atoms with Crippen molar-refractivity contribution in [3.8, 4) is 11.1 Å². The van der Waals surface area contributed by atoms with Crippen molar-refractivity contribution < 1.29 is 13.2 Å². The number of hydrogen-bond donors (Lipinski definition) is 0. The number of hydrogen-bond acceptors (Lipinski definition) is 2. The summed E-state index contributed by atoms with van der Waals surface area (Å²) in [5.41, 5.74) is 1.94. The molecule has 2 aromatic rings. The second-order valence-electron chi connectivity index (χ2n) is 6.89. The zero-order valence-corrected chi connectivity index (χ0v) is 15.2. The number of nitrogens with zero attached hydrogens (tertiary/aromatic N) is 2. The fourth-order valence-electron chi connectivity index (χ4n) is 3.42. The molecule has 2 nitrogen and oxygen atoms in total. The Morgan fingerprint density at radius 1 is 1.11 bits per heavy atom. The van der Waals surface area contributed by atoms with Gasteiger partial charge >= 0.3 is 0 Å². The second-order valence-corrected chi connectivity index (χ2v) is 7.27. The summed E-state index contributed by atoms with van der Waals surface area (Å²) in [5, 5.41) is 1.89. The highest BCUT2D eigenvalue weighted by Gasteiger charge is 2.33. The van der Waals surface area contributed by atoms with Crippen molar-refractivity contribution in [2.24, 2.45) is 4.99 Å². The van der Waals surface area contributed by atoms with Gasteiger partial charge in [-0.1, -0.05) is 12.1 Å². The van der Waals surface area contributed by atoms with E-state index in [1.807, 2.05) is 11.0 Å². The van der Waals surface area contributed by atoms with E-state index in [4.69, 9.17) is 11.6 Å². The molecule has 0 aromatic heterocycles. The van der Waals surface area contributed by atoms with Gasteiger partial charge in [-0.2, -0.15) is 0 Å². The Morgan fingerprint density at radius 2 is 1.89 bits per heavy atom. The first kappa shape index (κ1) is 18.2. The summed E-state index contributed by atoms with van der Waals surface area (Å²) in [6.07, 6.45) is 4.05. The molecule has 0 unspecified atom stereocenters. The number of halogens is 4. The Bertz CT molecular complexity index is 1020. The fraction of sp³-hybridized carbons (Fsp3) is 0.286. The number of fused-ring (bicyclic) bond motifs is 1. The van der Waals surface area contributed by atoms with E-state index < -0.39 is 5.92 Å². The van der Waals surface area contributed by atoms with Gasteiger partial charge in [-0.3, -0.25) is 4.90 Å². The van der Waals surface area contributed by atoms with Crippen molar-refractivity contribution >= 4 is 16.6 Å². The molecule has 0 bridgehead atoms. The highest BCUT2D eigenvalue weighted by Crippen LogP contribution is 2.29. The molecular weight excluding hydrogens is 373 g/mol. The molecular formula is C21H17ClF3N2+. The Morgan fingerprint density at radius 3 is 2.63 bits per heavy atom. The summed E-state index contributed by atoms with van der Waals surface area (Å²) >= 11 is 6.16. The molecule has 0 atom stereocenters. The largest absolute Gasteiger partial charge is 0.299 e. The van der Waals surface area contributed by atoms with Gasteiger partial charge in [0, 0.05) is 49.7 Å². The van der Waals surface area contributed by atoms with Crippen molar-refractivity contribution in [3.05, 3.63) is 70.6 Å². The first-order valence-electron chi connectivity index (χ1n) is 8.76. The second kappa shape index (κ2) is 7.08. The van der Waals surface area contributed by atoms with Gasteiger partial charge < -0.3 is 0 Å². The molecule has 1 saturated heterocycles. The molecule has 2 aromatic carbocycles. The van der Waals surface area contributed by atoms with E-state index in [0.29, 0.717) is 35.8 Å². The molecule has 2 heterocycles. The maximum atomic E-state index is 14.7. The van der Waals surface area contributed by atoms with Crippen molar-refractivity contribution in [1.29, 1.82) is 0 Å². The average molecular weight is 390 g/mol. The van der Waals surface area contributed by atoms with Crippen LogP contribution in [0.15, 0.2) is 47.6 Å². The van der Waals surface area contributed by atoms with E-state index in [9.17, 15) is 13.2 Å². The molecule has 0 spiro atoms. The molecule has 138 valence electrons. The average Bonchev–Trinajstić information content (AvgIpc) is 2.64. The van der Waals surface area contributed by atoms with Crippen LogP contribution < -0.4 is 10.6 Å². The molecule has 0 aliphatic carbocycles. The topological polar surface area (TPSA) is 15.6 Å². The predicted octanol–water partition coefficient (Wildman–Crippen LogP) is 4.02. The minimum Gasteiger partial charge on any atom is -0.299 e.